The van der Waals surface area contributed by atoms with Gasteiger partial charge in [-0.1, -0.05) is 29.8 Å². The van der Waals surface area contributed by atoms with Crippen LogP contribution in [-0.4, -0.2) is 51.7 Å². The lowest BCUT2D eigenvalue weighted by Gasteiger charge is -2.37. The van der Waals surface area contributed by atoms with E-state index in [4.69, 9.17) is 16.3 Å². The Hall–Kier alpha value is -3.05. The number of hydrogen-bond acceptors (Lipinski definition) is 6. The van der Waals surface area contributed by atoms with Crippen molar-refractivity contribution in [2.24, 2.45) is 0 Å². The minimum atomic E-state index is -3.34. The summed E-state index contributed by atoms with van der Waals surface area (Å²) in [5.41, 5.74) is 2.36. The summed E-state index contributed by atoms with van der Waals surface area (Å²) in [6.45, 7) is 0.182. The predicted molar refractivity (Wildman–Crippen MR) is 163 cm³/mol. The zero-order valence-corrected chi connectivity index (χ0v) is 25.8. The Kier molecular flexibility index (Phi) is 8.89. The van der Waals surface area contributed by atoms with Crippen LogP contribution in [0.2, 0.25) is 5.02 Å². The zero-order chi connectivity index (χ0) is 30.2. The monoisotopic (exact) mass is 632 g/mol. The van der Waals surface area contributed by atoms with Gasteiger partial charge in [-0.15, -0.1) is 11.3 Å². The van der Waals surface area contributed by atoms with Crippen LogP contribution in [0.5, 0.6) is 5.75 Å². The van der Waals surface area contributed by atoms with Gasteiger partial charge in [0.2, 0.25) is 0 Å². The minimum Gasteiger partial charge on any atom is -0.496 e. The molecule has 3 aromatic carbocycles. The first kappa shape index (κ1) is 30.4. The Morgan fingerprint density at radius 1 is 1.02 bits per heavy atom. The molecule has 42 heavy (non-hydrogen) atoms. The number of hydrogen-bond donors (Lipinski definition) is 1. The molecule has 4 aromatic rings. The van der Waals surface area contributed by atoms with Crippen LogP contribution >= 0.6 is 22.9 Å². The van der Waals surface area contributed by atoms with Crippen molar-refractivity contribution in [1.82, 2.24) is 10.2 Å². The molecule has 0 aliphatic heterocycles. The number of halogens is 3. The summed E-state index contributed by atoms with van der Waals surface area (Å²) < 4.78 is 58.8. The number of thiophene rings is 1. The van der Waals surface area contributed by atoms with Crippen LogP contribution in [0.25, 0.3) is 21.2 Å². The summed E-state index contributed by atoms with van der Waals surface area (Å²) in [5, 5.41) is 3.14. The van der Waals surface area contributed by atoms with Crippen LogP contribution in [0.15, 0.2) is 59.5 Å². The summed E-state index contributed by atoms with van der Waals surface area (Å²) in [7, 11) is 0.142. The summed E-state index contributed by atoms with van der Waals surface area (Å²) in [6.07, 6.45) is 4.40. The maximum absolute atomic E-state index is 14.7. The Labute approximate surface area is 253 Å². The second-order valence-corrected chi connectivity index (χ2v) is 13.9. The topological polar surface area (TPSA) is 75.7 Å². The van der Waals surface area contributed by atoms with Crippen molar-refractivity contribution in [3.05, 3.63) is 81.7 Å². The van der Waals surface area contributed by atoms with Gasteiger partial charge in [-0.25, -0.2) is 17.2 Å². The molecule has 1 heterocycles. The Bertz CT molecular complexity index is 1730. The zero-order valence-electron chi connectivity index (χ0n) is 23.4. The van der Waals surface area contributed by atoms with Gasteiger partial charge in [-0.2, -0.15) is 0 Å². The van der Waals surface area contributed by atoms with E-state index < -0.39 is 27.4 Å². The number of amides is 1. The summed E-state index contributed by atoms with van der Waals surface area (Å²) in [5.74, 6) is -1.12. The third-order valence-electron chi connectivity index (χ3n) is 7.92. The molecular formula is C31H31ClF2N2O4S2. The molecule has 1 aromatic heterocycles. The highest BCUT2D eigenvalue weighted by Crippen LogP contribution is 2.40. The summed E-state index contributed by atoms with van der Waals surface area (Å²) >= 11 is 7.41. The Balaban J connectivity index is 1.55. The smallest absolute Gasteiger partial charge is 0.266 e. The highest BCUT2D eigenvalue weighted by atomic mass is 35.5. The average Bonchev–Trinajstić information content (AvgIpc) is 3.35. The first-order chi connectivity index (χ1) is 20.0. The van der Waals surface area contributed by atoms with Gasteiger partial charge < -0.3 is 15.0 Å². The molecule has 1 aliphatic carbocycles. The lowest BCUT2D eigenvalue weighted by molar-refractivity contribution is 0.0604. The van der Waals surface area contributed by atoms with Crippen LogP contribution in [-0.2, 0) is 16.4 Å². The van der Waals surface area contributed by atoms with Gasteiger partial charge in [0.15, 0.2) is 9.84 Å². The maximum Gasteiger partial charge on any atom is 0.266 e. The number of nitrogens with zero attached hydrogens (tertiary/aromatic N) is 1. The third kappa shape index (κ3) is 6.04. The number of fused-ring (bicyclic) bond motifs is 1. The third-order valence-corrected chi connectivity index (χ3v) is 10.7. The van der Waals surface area contributed by atoms with E-state index in [1.807, 2.05) is 25.2 Å². The van der Waals surface area contributed by atoms with Crippen LogP contribution in [0.4, 0.5) is 8.78 Å². The van der Waals surface area contributed by atoms with Crippen molar-refractivity contribution < 1.29 is 26.7 Å². The van der Waals surface area contributed by atoms with Gasteiger partial charge >= 0.3 is 0 Å². The number of carbonyl (C=O) groups is 1. The minimum absolute atomic E-state index is 0.0132. The first-order valence-electron chi connectivity index (χ1n) is 13.5. The van der Waals surface area contributed by atoms with Crippen molar-refractivity contribution in [3.8, 4) is 16.9 Å². The highest BCUT2D eigenvalue weighted by Gasteiger charge is 2.33. The van der Waals surface area contributed by atoms with Gasteiger partial charge in [-0.05, 0) is 80.3 Å². The van der Waals surface area contributed by atoms with E-state index in [2.05, 4.69) is 5.32 Å². The summed E-state index contributed by atoms with van der Waals surface area (Å²) in [6, 6.07) is 14.5. The van der Waals surface area contributed by atoms with Gasteiger partial charge in [0.05, 0.1) is 27.1 Å². The number of sulfone groups is 1. The largest absolute Gasteiger partial charge is 0.496 e. The normalized spacial score (nSPS) is 17.4. The molecule has 1 amide bonds. The van der Waals surface area contributed by atoms with Gasteiger partial charge in [-0.3, -0.25) is 4.79 Å². The van der Waals surface area contributed by atoms with Crippen molar-refractivity contribution >= 4 is 48.8 Å². The van der Waals surface area contributed by atoms with E-state index in [9.17, 15) is 22.0 Å². The van der Waals surface area contributed by atoms with E-state index >= 15 is 0 Å². The molecule has 1 fully saturated rings. The average molecular weight is 633 g/mol. The van der Waals surface area contributed by atoms with E-state index in [0.29, 0.717) is 11.8 Å². The molecule has 0 bridgehead atoms. The van der Waals surface area contributed by atoms with Crippen molar-refractivity contribution in [3.63, 3.8) is 0 Å². The van der Waals surface area contributed by atoms with Crippen LogP contribution < -0.4 is 10.1 Å². The molecule has 0 atom stereocenters. The molecule has 0 spiro atoms. The fourth-order valence-electron chi connectivity index (χ4n) is 5.57. The maximum atomic E-state index is 14.7. The number of carbonyl (C=O) groups excluding carboxylic acids is 1. The number of ether oxygens (including phenoxy) is 1. The fourth-order valence-corrected chi connectivity index (χ4v) is 7.70. The van der Waals surface area contributed by atoms with Crippen molar-refractivity contribution in [2.45, 2.75) is 49.2 Å². The Morgan fingerprint density at radius 2 is 1.67 bits per heavy atom. The molecule has 0 saturated heterocycles. The molecule has 0 radical (unpaired) electrons. The lowest BCUT2D eigenvalue weighted by atomic mass is 9.89. The number of methoxy groups -OCH3 is 1. The van der Waals surface area contributed by atoms with Gasteiger partial charge in [0, 0.05) is 30.4 Å². The van der Waals surface area contributed by atoms with Gasteiger partial charge in [0.1, 0.15) is 22.3 Å². The molecule has 11 heteroatoms. The highest BCUT2D eigenvalue weighted by molar-refractivity contribution is 7.90. The molecule has 1 saturated carbocycles. The van der Waals surface area contributed by atoms with Crippen molar-refractivity contribution in [1.29, 1.82) is 0 Å². The number of rotatable bonds is 8. The molecule has 1 N–H and O–H groups in total. The van der Waals surface area contributed by atoms with Crippen LogP contribution in [0.3, 0.4) is 0 Å². The van der Waals surface area contributed by atoms with E-state index in [1.165, 1.54) is 0 Å². The lowest BCUT2D eigenvalue weighted by Crippen LogP contribution is -2.44. The standard InChI is InChI=1S/C31H31ClF2N2O4S2/c1-35-21-7-9-22(10-8-21)36(31(37)30-28(32)27-24(33)13-14-25(34)29(27)41-30)17-20-16-19(6-15-26(20)40-2)18-4-11-23(12-5-18)42(3,38)39/h4-6,11-16,21-22,35H,7-10,17H2,1-3H3/t21-,22+. The first-order valence-corrected chi connectivity index (χ1v) is 16.6. The summed E-state index contributed by atoms with van der Waals surface area (Å²) in [4.78, 5) is 16.3. The van der Waals surface area contributed by atoms with Crippen LogP contribution in [0, 0.1) is 11.6 Å². The fraction of sp³-hybridized carbons (Fsp3) is 0.323. The van der Waals surface area contributed by atoms with Crippen molar-refractivity contribution in [2.75, 3.05) is 20.4 Å². The SMILES string of the molecule is CN[C@H]1CC[C@@H](N(Cc2cc(-c3ccc(S(C)(=O)=O)cc3)ccc2OC)C(=O)c2sc3c(F)ccc(F)c3c2Cl)CC1. The second-order valence-electron chi connectivity index (χ2n) is 10.5. The predicted octanol–water partition coefficient (Wildman–Crippen LogP) is 7.09. The van der Waals surface area contributed by atoms with E-state index in [1.54, 1.807) is 36.3 Å². The van der Waals surface area contributed by atoms with Gasteiger partial charge in [0.25, 0.3) is 5.91 Å². The number of benzene rings is 3. The molecule has 222 valence electrons. The van der Waals surface area contributed by atoms with E-state index in [-0.39, 0.29) is 37.5 Å². The molecule has 1 aliphatic rings. The molecule has 5 rings (SSSR count). The van der Waals surface area contributed by atoms with E-state index in [0.717, 1.165) is 72.1 Å². The molecular weight excluding hydrogens is 602 g/mol. The quantitative estimate of drug-likeness (QED) is 0.225. The Morgan fingerprint density at radius 3 is 2.26 bits per heavy atom. The van der Waals surface area contributed by atoms with Crippen LogP contribution in [0.1, 0.15) is 40.9 Å². The number of nitrogens with one attached hydrogen (secondary N) is 1. The second kappa shape index (κ2) is 12.3. The molecule has 6 nitrogen and oxygen atoms in total. The molecule has 0 unspecified atom stereocenters.